The average molecular weight is 399 g/mol. The number of nitrogens with zero attached hydrogens (tertiary/aromatic N) is 2. The molecule has 0 saturated heterocycles. The Labute approximate surface area is 139 Å². The predicted octanol–water partition coefficient (Wildman–Crippen LogP) is 4.30. The molecule has 0 N–H and O–H groups in total. The fourth-order valence-electron chi connectivity index (χ4n) is 1.54. The molecule has 0 radical (unpaired) electrons. The van der Waals surface area contributed by atoms with E-state index in [1.807, 2.05) is 0 Å². The summed E-state index contributed by atoms with van der Waals surface area (Å²) < 4.78 is 101. The number of rotatable bonds is 3. The summed E-state index contributed by atoms with van der Waals surface area (Å²) in [4.78, 5) is 2.98. The summed E-state index contributed by atoms with van der Waals surface area (Å²) in [6.07, 6.45) is -9.73. The van der Waals surface area contributed by atoms with Crippen LogP contribution in [0.1, 0.15) is 0 Å². The van der Waals surface area contributed by atoms with Gasteiger partial charge in [-0.3, -0.25) is 4.21 Å². The highest BCUT2D eigenvalue weighted by Crippen LogP contribution is 2.32. The van der Waals surface area contributed by atoms with Crippen LogP contribution >= 0.6 is 11.6 Å². The molecule has 0 amide bonds. The van der Waals surface area contributed by atoms with E-state index in [9.17, 15) is 34.9 Å². The van der Waals surface area contributed by atoms with Gasteiger partial charge in [-0.1, -0.05) is 11.6 Å². The van der Waals surface area contributed by atoms with Crippen LogP contribution in [0, 0.1) is 5.82 Å². The molecule has 0 spiro atoms. The fourth-order valence-corrected chi connectivity index (χ4v) is 2.92. The molecule has 24 heavy (non-hydrogen) atoms. The van der Waals surface area contributed by atoms with Crippen LogP contribution in [0.25, 0.3) is 0 Å². The third-order valence-corrected chi connectivity index (χ3v) is 4.29. The SMILES string of the molecule is CN(C)C(=Nc1cc(S(=O)CC(F)(F)F)c(Cl)cc1F)C(F)(F)F. The van der Waals surface area contributed by atoms with Crippen molar-refractivity contribution in [3.63, 3.8) is 0 Å². The molecule has 0 aliphatic heterocycles. The van der Waals surface area contributed by atoms with E-state index in [2.05, 4.69) is 4.99 Å². The highest BCUT2D eigenvalue weighted by molar-refractivity contribution is 7.85. The van der Waals surface area contributed by atoms with Crippen molar-refractivity contribution in [2.75, 3.05) is 19.8 Å². The molecule has 0 fully saturated rings. The Morgan fingerprint density at radius 3 is 2.17 bits per heavy atom. The first-order valence-corrected chi connectivity index (χ1v) is 7.69. The van der Waals surface area contributed by atoms with Gasteiger partial charge in [0.2, 0.25) is 5.84 Å². The van der Waals surface area contributed by atoms with Gasteiger partial charge in [-0.15, -0.1) is 0 Å². The standard InChI is InChI=1S/C12H10ClF7N2OS/c1-22(2)10(12(18,19)20)21-8-4-9(6(13)3-7(8)14)24(23)5-11(15,16)17/h3-4H,5H2,1-2H3. The molecule has 0 aliphatic rings. The molecule has 0 aromatic heterocycles. The first-order chi connectivity index (χ1) is 10.7. The van der Waals surface area contributed by atoms with Gasteiger partial charge >= 0.3 is 12.4 Å². The van der Waals surface area contributed by atoms with Gasteiger partial charge < -0.3 is 4.90 Å². The first-order valence-electron chi connectivity index (χ1n) is 5.99. The number of alkyl halides is 6. The van der Waals surface area contributed by atoms with E-state index in [1.54, 1.807) is 0 Å². The molecular formula is C12H10ClF7N2OS. The van der Waals surface area contributed by atoms with Gasteiger partial charge in [-0.05, 0) is 12.1 Å². The van der Waals surface area contributed by atoms with Gasteiger partial charge in [0.05, 0.1) is 20.7 Å². The van der Waals surface area contributed by atoms with E-state index < -0.39 is 56.2 Å². The molecule has 0 bridgehead atoms. The lowest BCUT2D eigenvalue weighted by atomic mass is 10.3. The summed E-state index contributed by atoms with van der Waals surface area (Å²) >= 11 is 5.53. The maximum absolute atomic E-state index is 13.7. The maximum Gasteiger partial charge on any atom is 0.449 e. The Morgan fingerprint density at radius 1 is 1.21 bits per heavy atom. The van der Waals surface area contributed by atoms with Gasteiger partial charge in [-0.2, -0.15) is 26.3 Å². The van der Waals surface area contributed by atoms with E-state index in [1.165, 1.54) is 0 Å². The topological polar surface area (TPSA) is 32.7 Å². The molecule has 1 unspecified atom stereocenters. The van der Waals surface area contributed by atoms with E-state index in [0.717, 1.165) is 14.1 Å². The summed E-state index contributed by atoms with van der Waals surface area (Å²) in [5, 5.41) is -0.604. The van der Waals surface area contributed by atoms with Crippen molar-refractivity contribution in [2.24, 2.45) is 4.99 Å². The van der Waals surface area contributed by atoms with E-state index >= 15 is 0 Å². The Morgan fingerprint density at radius 2 is 1.75 bits per heavy atom. The van der Waals surface area contributed by atoms with Crippen LogP contribution in [0.3, 0.4) is 0 Å². The van der Waals surface area contributed by atoms with E-state index in [0.29, 0.717) is 17.0 Å². The molecule has 3 nitrogen and oxygen atoms in total. The largest absolute Gasteiger partial charge is 0.449 e. The monoisotopic (exact) mass is 398 g/mol. The normalized spacial score (nSPS) is 14.7. The highest BCUT2D eigenvalue weighted by atomic mass is 35.5. The van der Waals surface area contributed by atoms with Crippen molar-refractivity contribution >= 4 is 33.9 Å². The second-order valence-electron chi connectivity index (χ2n) is 4.67. The quantitative estimate of drug-likeness (QED) is 0.432. The molecular weight excluding hydrogens is 389 g/mol. The summed E-state index contributed by atoms with van der Waals surface area (Å²) in [6.45, 7) is 0. The lowest BCUT2D eigenvalue weighted by Crippen LogP contribution is -2.36. The third kappa shape index (κ3) is 5.62. The smallest absolute Gasteiger partial charge is 0.359 e. The highest BCUT2D eigenvalue weighted by Gasteiger charge is 2.38. The Bertz CT molecular complexity index is 671. The van der Waals surface area contributed by atoms with Crippen molar-refractivity contribution in [1.82, 2.24) is 4.90 Å². The molecule has 136 valence electrons. The van der Waals surface area contributed by atoms with Crippen LogP contribution in [-0.2, 0) is 10.8 Å². The average Bonchev–Trinajstić information content (AvgIpc) is 2.33. The van der Waals surface area contributed by atoms with Crippen molar-refractivity contribution in [3.05, 3.63) is 23.0 Å². The number of halogens is 8. The van der Waals surface area contributed by atoms with Crippen LogP contribution in [0.2, 0.25) is 5.02 Å². The van der Waals surface area contributed by atoms with Crippen LogP contribution in [-0.4, -0.2) is 47.1 Å². The second kappa shape index (κ2) is 7.26. The van der Waals surface area contributed by atoms with Gasteiger partial charge in [0.1, 0.15) is 17.3 Å². The molecule has 1 rings (SSSR count). The number of hydrogen-bond acceptors (Lipinski definition) is 2. The third-order valence-electron chi connectivity index (χ3n) is 2.44. The van der Waals surface area contributed by atoms with Crippen molar-refractivity contribution < 1.29 is 34.9 Å². The molecule has 1 atom stereocenters. The van der Waals surface area contributed by atoms with Crippen molar-refractivity contribution in [2.45, 2.75) is 17.2 Å². The van der Waals surface area contributed by atoms with Gasteiger partial charge in [0, 0.05) is 14.1 Å². The minimum Gasteiger partial charge on any atom is -0.359 e. The van der Waals surface area contributed by atoms with Crippen LogP contribution in [0.15, 0.2) is 22.0 Å². The van der Waals surface area contributed by atoms with Gasteiger partial charge in [0.25, 0.3) is 0 Å². The molecule has 1 aromatic rings. The van der Waals surface area contributed by atoms with Crippen molar-refractivity contribution in [3.8, 4) is 0 Å². The number of hydrogen-bond donors (Lipinski definition) is 0. The van der Waals surface area contributed by atoms with Crippen molar-refractivity contribution in [1.29, 1.82) is 0 Å². The van der Waals surface area contributed by atoms with Crippen LogP contribution in [0.4, 0.5) is 36.4 Å². The van der Waals surface area contributed by atoms with Crippen LogP contribution in [0.5, 0.6) is 0 Å². The zero-order chi connectivity index (χ0) is 18.9. The predicted molar refractivity (Wildman–Crippen MR) is 75.6 cm³/mol. The molecule has 0 saturated carbocycles. The minimum atomic E-state index is -4.93. The van der Waals surface area contributed by atoms with Gasteiger partial charge in [-0.25, -0.2) is 9.38 Å². The summed E-state index contributed by atoms with van der Waals surface area (Å²) in [5.74, 6) is -4.56. The molecule has 12 heteroatoms. The molecule has 1 aromatic carbocycles. The zero-order valence-electron chi connectivity index (χ0n) is 12.1. The number of benzene rings is 1. The second-order valence-corrected chi connectivity index (χ2v) is 6.49. The lowest BCUT2D eigenvalue weighted by Gasteiger charge is -2.18. The fraction of sp³-hybridized carbons (Fsp3) is 0.417. The van der Waals surface area contributed by atoms with E-state index in [4.69, 9.17) is 11.6 Å². The zero-order valence-corrected chi connectivity index (χ0v) is 13.7. The first kappa shape index (κ1) is 20.7. The maximum atomic E-state index is 13.7. The van der Waals surface area contributed by atoms with E-state index in [-0.39, 0.29) is 0 Å². The summed E-state index contributed by atoms with van der Waals surface area (Å²) in [6, 6.07) is 0.975. The van der Waals surface area contributed by atoms with Crippen LogP contribution < -0.4 is 0 Å². The summed E-state index contributed by atoms with van der Waals surface area (Å²) in [5.41, 5.74) is -0.925. The van der Waals surface area contributed by atoms with Gasteiger partial charge in [0.15, 0.2) is 0 Å². The lowest BCUT2D eigenvalue weighted by molar-refractivity contribution is -0.105. The Kier molecular flexibility index (Phi) is 6.26. The minimum absolute atomic E-state index is 0.466. The number of aliphatic imine (C=N–C) groups is 1. The molecule has 0 aliphatic carbocycles. The summed E-state index contributed by atoms with van der Waals surface area (Å²) in [7, 11) is -0.712. The number of amidine groups is 1. The Balaban J connectivity index is 3.41. The Hall–Kier alpha value is -1.36. The molecule has 0 heterocycles.